The van der Waals surface area contributed by atoms with Gasteiger partial charge in [-0.15, -0.1) is 0 Å². The zero-order chi connectivity index (χ0) is 10.1. The Morgan fingerprint density at radius 3 is 3.00 bits per heavy atom. The van der Waals surface area contributed by atoms with Gasteiger partial charge in [0.05, 0.1) is 23.5 Å². The topological polar surface area (TPSA) is 66.3 Å². The van der Waals surface area contributed by atoms with Crippen molar-refractivity contribution in [3.05, 3.63) is 17.0 Å². The van der Waals surface area contributed by atoms with Crippen molar-refractivity contribution in [1.29, 1.82) is 0 Å². The molecule has 0 radical (unpaired) electrons. The van der Waals surface area contributed by atoms with E-state index in [1.807, 2.05) is 0 Å². The Kier molecular flexibility index (Phi) is 2.47. The SMILES string of the molecule is O=C1CC(O)CN1c1ncncc1Br. The molecule has 0 saturated carbocycles. The molecule has 1 aromatic heterocycles. The second-order valence-electron chi connectivity index (χ2n) is 3.06. The normalized spacial score (nSPS) is 21.7. The van der Waals surface area contributed by atoms with Crippen LogP contribution in [0.3, 0.4) is 0 Å². The molecule has 1 saturated heterocycles. The zero-order valence-corrected chi connectivity index (χ0v) is 8.81. The lowest BCUT2D eigenvalue weighted by molar-refractivity contribution is -0.117. The molecule has 1 aromatic rings. The minimum absolute atomic E-state index is 0.114. The van der Waals surface area contributed by atoms with Crippen molar-refractivity contribution >= 4 is 27.7 Å². The summed E-state index contributed by atoms with van der Waals surface area (Å²) in [7, 11) is 0. The molecule has 6 heteroatoms. The summed E-state index contributed by atoms with van der Waals surface area (Å²) in [5, 5.41) is 9.30. The van der Waals surface area contributed by atoms with Crippen LogP contribution in [0.25, 0.3) is 0 Å². The van der Waals surface area contributed by atoms with Crippen molar-refractivity contribution in [3.63, 3.8) is 0 Å². The van der Waals surface area contributed by atoms with E-state index in [1.165, 1.54) is 11.2 Å². The van der Waals surface area contributed by atoms with Crippen LogP contribution in [0.5, 0.6) is 0 Å². The highest BCUT2D eigenvalue weighted by Gasteiger charge is 2.30. The molecule has 5 nitrogen and oxygen atoms in total. The zero-order valence-electron chi connectivity index (χ0n) is 7.22. The number of carbonyl (C=O) groups is 1. The van der Waals surface area contributed by atoms with Crippen molar-refractivity contribution in [2.75, 3.05) is 11.4 Å². The van der Waals surface area contributed by atoms with Crippen molar-refractivity contribution in [1.82, 2.24) is 9.97 Å². The molecule has 1 atom stereocenters. The molecule has 0 aliphatic carbocycles. The summed E-state index contributed by atoms with van der Waals surface area (Å²) in [4.78, 5) is 20.7. The van der Waals surface area contributed by atoms with E-state index in [-0.39, 0.29) is 12.3 Å². The summed E-state index contributed by atoms with van der Waals surface area (Å²) in [6, 6.07) is 0. The maximum Gasteiger partial charge on any atom is 0.230 e. The lowest BCUT2D eigenvalue weighted by Gasteiger charge is -2.15. The smallest absolute Gasteiger partial charge is 0.230 e. The Morgan fingerprint density at radius 1 is 1.64 bits per heavy atom. The summed E-state index contributed by atoms with van der Waals surface area (Å²) < 4.78 is 0.655. The Balaban J connectivity index is 2.32. The van der Waals surface area contributed by atoms with Gasteiger partial charge in [0.1, 0.15) is 6.33 Å². The van der Waals surface area contributed by atoms with E-state index >= 15 is 0 Å². The Bertz CT molecular complexity index is 371. The molecule has 0 aromatic carbocycles. The van der Waals surface area contributed by atoms with Crippen LogP contribution in [0.2, 0.25) is 0 Å². The van der Waals surface area contributed by atoms with Gasteiger partial charge in [-0.05, 0) is 15.9 Å². The largest absolute Gasteiger partial charge is 0.391 e. The predicted molar refractivity (Wildman–Crippen MR) is 52.7 cm³/mol. The third kappa shape index (κ3) is 1.62. The number of aliphatic hydroxyl groups is 1. The van der Waals surface area contributed by atoms with E-state index in [2.05, 4.69) is 25.9 Å². The fraction of sp³-hybridized carbons (Fsp3) is 0.375. The number of halogens is 1. The van der Waals surface area contributed by atoms with Crippen LogP contribution >= 0.6 is 15.9 Å². The molecular formula is C8H8BrN3O2. The Morgan fingerprint density at radius 2 is 2.43 bits per heavy atom. The fourth-order valence-electron chi connectivity index (χ4n) is 1.40. The van der Waals surface area contributed by atoms with Gasteiger partial charge in [0, 0.05) is 6.20 Å². The summed E-state index contributed by atoms with van der Waals surface area (Å²) in [5.41, 5.74) is 0. The number of amides is 1. The number of carbonyl (C=O) groups excluding carboxylic acids is 1. The third-order valence-electron chi connectivity index (χ3n) is 2.01. The summed E-state index contributed by atoms with van der Waals surface area (Å²) >= 11 is 3.25. The molecule has 0 spiro atoms. The molecule has 1 aliphatic rings. The van der Waals surface area contributed by atoms with Crippen LogP contribution < -0.4 is 4.90 Å². The first-order chi connectivity index (χ1) is 6.68. The number of nitrogens with zero attached hydrogens (tertiary/aromatic N) is 3. The van der Waals surface area contributed by atoms with E-state index in [4.69, 9.17) is 0 Å². The van der Waals surface area contributed by atoms with Crippen LogP contribution in [0.4, 0.5) is 5.82 Å². The first-order valence-electron chi connectivity index (χ1n) is 4.12. The summed E-state index contributed by atoms with van der Waals surface area (Å²) in [6.45, 7) is 0.300. The first-order valence-corrected chi connectivity index (χ1v) is 4.91. The minimum Gasteiger partial charge on any atom is -0.391 e. The van der Waals surface area contributed by atoms with Crippen LogP contribution in [0.1, 0.15) is 6.42 Å². The van der Waals surface area contributed by atoms with Gasteiger partial charge in [-0.2, -0.15) is 0 Å². The van der Waals surface area contributed by atoms with Crippen LogP contribution in [0, 0.1) is 0 Å². The lowest BCUT2D eigenvalue weighted by Crippen LogP contribution is -2.26. The van der Waals surface area contributed by atoms with Crippen LogP contribution in [-0.2, 0) is 4.79 Å². The Hall–Kier alpha value is -1.01. The first kappa shape index (κ1) is 9.54. The predicted octanol–water partition coefficient (Wildman–Crippen LogP) is 0.337. The number of hydrogen-bond acceptors (Lipinski definition) is 4. The maximum atomic E-state index is 11.4. The van der Waals surface area contributed by atoms with E-state index < -0.39 is 6.10 Å². The van der Waals surface area contributed by atoms with Gasteiger partial charge < -0.3 is 5.11 Å². The number of hydrogen-bond donors (Lipinski definition) is 1. The van der Waals surface area contributed by atoms with Gasteiger partial charge in [0.15, 0.2) is 5.82 Å². The molecular weight excluding hydrogens is 250 g/mol. The molecule has 2 heterocycles. The number of aliphatic hydroxyl groups excluding tert-OH is 1. The molecule has 0 bridgehead atoms. The van der Waals surface area contributed by atoms with Gasteiger partial charge >= 0.3 is 0 Å². The fourth-order valence-corrected chi connectivity index (χ4v) is 1.83. The average Bonchev–Trinajstić information content (AvgIpc) is 2.46. The number of anilines is 1. The molecule has 1 fully saturated rings. The molecule has 74 valence electrons. The number of rotatable bonds is 1. The average molecular weight is 258 g/mol. The molecule has 1 N–H and O–H groups in total. The second-order valence-corrected chi connectivity index (χ2v) is 3.91. The molecule has 14 heavy (non-hydrogen) atoms. The van der Waals surface area contributed by atoms with Crippen LogP contribution in [0.15, 0.2) is 17.0 Å². The summed E-state index contributed by atoms with van der Waals surface area (Å²) in [5.74, 6) is 0.401. The second kappa shape index (κ2) is 3.62. The third-order valence-corrected chi connectivity index (χ3v) is 2.57. The van der Waals surface area contributed by atoms with Crippen molar-refractivity contribution in [2.45, 2.75) is 12.5 Å². The molecule has 2 rings (SSSR count). The van der Waals surface area contributed by atoms with Crippen molar-refractivity contribution < 1.29 is 9.90 Å². The molecule has 1 amide bonds. The highest BCUT2D eigenvalue weighted by molar-refractivity contribution is 9.10. The molecule has 1 aliphatic heterocycles. The number of aromatic nitrogens is 2. The Labute approximate surface area is 88.9 Å². The highest BCUT2D eigenvalue weighted by Crippen LogP contribution is 2.26. The number of β-amino-alcohol motifs (C(OH)–C–C–N with tert-alkyl or cyclic N) is 1. The summed E-state index contributed by atoms with van der Waals surface area (Å²) in [6.07, 6.45) is 2.51. The quantitative estimate of drug-likeness (QED) is 0.788. The maximum absolute atomic E-state index is 11.4. The van der Waals surface area contributed by atoms with E-state index in [1.54, 1.807) is 6.20 Å². The van der Waals surface area contributed by atoms with Crippen LogP contribution in [-0.4, -0.2) is 33.6 Å². The van der Waals surface area contributed by atoms with Crippen molar-refractivity contribution in [2.24, 2.45) is 0 Å². The van der Waals surface area contributed by atoms with E-state index in [9.17, 15) is 9.90 Å². The van der Waals surface area contributed by atoms with E-state index in [0.29, 0.717) is 16.8 Å². The highest BCUT2D eigenvalue weighted by atomic mass is 79.9. The monoisotopic (exact) mass is 257 g/mol. The minimum atomic E-state index is -0.593. The van der Waals surface area contributed by atoms with E-state index in [0.717, 1.165) is 0 Å². The van der Waals surface area contributed by atoms with Gasteiger partial charge in [-0.1, -0.05) is 0 Å². The van der Waals surface area contributed by atoms with Gasteiger partial charge in [-0.3, -0.25) is 9.69 Å². The lowest BCUT2D eigenvalue weighted by atomic mass is 10.3. The van der Waals surface area contributed by atoms with Crippen molar-refractivity contribution in [3.8, 4) is 0 Å². The van der Waals surface area contributed by atoms with Gasteiger partial charge in [0.2, 0.25) is 5.91 Å². The standard InChI is InChI=1S/C8H8BrN3O2/c9-6-2-10-4-11-8(6)12-3-5(13)1-7(12)14/h2,4-5,13H,1,3H2. The molecule has 1 unspecified atom stereocenters. The van der Waals surface area contributed by atoms with Gasteiger partial charge in [-0.25, -0.2) is 9.97 Å². The van der Waals surface area contributed by atoms with Gasteiger partial charge in [0.25, 0.3) is 0 Å².